The number of aromatic nitrogens is 1. The first-order chi connectivity index (χ1) is 9.74. The van der Waals surface area contributed by atoms with E-state index >= 15 is 0 Å². The van der Waals surface area contributed by atoms with Crippen LogP contribution in [0.1, 0.15) is 63.1 Å². The van der Waals surface area contributed by atoms with E-state index in [2.05, 4.69) is 22.5 Å². The number of nitrogens with one attached hydrogen (secondary N) is 2. The predicted molar refractivity (Wildman–Crippen MR) is 79.6 cm³/mol. The minimum atomic E-state index is 0.206. The molecule has 2 aliphatic rings. The van der Waals surface area contributed by atoms with Gasteiger partial charge in [0.2, 0.25) is 5.89 Å². The zero-order chi connectivity index (χ0) is 13.9. The highest BCUT2D eigenvalue weighted by Gasteiger charge is 2.35. The Morgan fingerprint density at radius 3 is 2.90 bits per heavy atom. The smallest absolute Gasteiger partial charge is 0.211 e. The lowest BCUT2D eigenvalue weighted by molar-refractivity contribution is 0.241. The van der Waals surface area contributed by atoms with E-state index in [1.165, 1.54) is 45.1 Å². The van der Waals surface area contributed by atoms with E-state index in [-0.39, 0.29) is 6.04 Å². The first-order valence-electron chi connectivity index (χ1n) is 8.16. The van der Waals surface area contributed by atoms with E-state index < -0.39 is 0 Å². The van der Waals surface area contributed by atoms with Crippen LogP contribution >= 0.6 is 0 Å². The highest BCUT2D eigenvalue weighted by molar-refractivity contribution is 4.98. The van der Waals surface area contributed by atoms with Crippen LogP contribution in [0.4, 0.5) is 0 Å². The van der Waals surface area contributed by atoms with Crippen molar-refractivity contribution in [3.05, 3.63) is 17.8 Å². The van der Waals surface area contributed by atoms with Crippen LogP contribution in [-0.4, -0.2) is 23.6 Å². The quantitative estimate of drug-likeness (QED) is 0.888. The van der Waals surface area contributed by atoms with Crippen molar-refractivity contribution in [3.63, 3.8) is 0 Å². The van der Waals surface area contributed by atoms with Gasteiger partial charge in [-0.1, -0.05) is 12.8 Å². The average Bonchev–Trinajstić information content (AvgIpc) is 3.09. The van der Waals surface area contributed by atoms with E-state index in [4.69, 9.17) is 4.42 Å². The Labute approximate surface area is 121 Å². The lowest BCUT2D eigenvalue weighted by Gasteiger charge is -2.34. The molecule has 1 aromatic heterocycles. The minimum absolute atomic E-state index is 0.206. The molecule has 1 aliphatic heterocycles. The average molecular weight is 277 g/mol. The Morgan fingerprint density at radius 2 is 2.20 bits per heavy atom. The van der Waals surface area contributed by atoms with Gasteiger partial charge in [-0.3, -0.25) is 0 Å². The van der Waals surface area contributed by atoms with E-state index in [1.54, 1.807) is 0 Å². The van der Waals surface area contributed by atoms with Gasteiger partial charge in [0, 0.05) is 12.1 Å². The Kier molecular flexibility index (Phi) is 4.41. The number of hydrogen-bond donors (Lipinski definition) is 2. The molecule has 0 amide bonds. The van der Waals surface area contributed by atoms with Crippen LogP contribution in [0, 0.1) is 12.8 Å². The molecule has 0 bridgehead atoms. The van der Waals surface area contributed by atoms with E-state index in [1.807, 2.05) is 13.1 Å². The summed E-state index contributed by atoms with van der Waals surface area (Å²) in [4.78, 5) is 4.35. The van der Waals surface area contributed by atoms with Crippen molar-refractivity contribution in [2.75, 3.05) is 6.54 Å². The van der Waals surface area contributed by atoms with Gasteiger partial charge in [-0.25, -0.2) is 4.98 Å². The largest absolute Gasteiger partial charge is 0.444 e. The summed E-state index contributed by atoms with van der Waals surface area (Å²) >= 11 is 0. The van der Waals surface area contributed by atoms with Gasteiger partial charge >= 0.3 is 0 Å². The summed E-state index contributed by atoms with van der Waals surface area (Å²) in [6, 6.07) is 1.52. The summed E-state index contributed by atoms with van der Waals surface area (Å²) < 4.78 is 5.65. The molecule has 0 radical (unpaired) electrons. The topological polar surface area (TPSA) is 50.1 Å². The van der Waals surface area contributed by atoms with Crippen LogP contribution < -0.4 is 10.6 Å². The number of piperidine rings is 1. The zero-order valence-corrected chi connectivity index (χ0v) is 12.7. The van der Waals surface area contributed by atoms with Crippen molar-refractivity contribution in [2.24, 2.45) is 5.92 Å². The molecular formula is C16H27N3O. The predicted octanol–water partition coefficient (Wildman–Crippen LogP) is 2.94. The molecule has 20 heavy (non-hydrogen) atoms. The molecule has 2 fully saturated rings. The highest BCUT2D eigenvalue weighted by Crippen LogP contribution is 2.33. The summed E-state index contributed by atoms with van der Waals surface area (Å²) in [6.07, 6.45) is 9.86. The van der Waals surface area contributed by atoms with Gasteiger partial charge in [0.15, 0.2) is 0 Å². The van der Waals surface area contributed by atoms with Gasteiger partial charge in [0.25, 0.3) is 0 Å². The number of hydrogen-bond acceptors (Lipinski definition) is 4. The first-order valence-corrected chi connectivity index (χ1v) is 8.16. The zero-order valence-electron chi connectivity index (χ0n) is 12.7. The molecule has 3 rings (SSSR count). The van der Waals surface area contributed by atoms with Crippen LogP contribution in [0.25, 0.3) is 0 Å². The monoisotopic (exact) mass is 277 g/mol. The van der Waals surface area contributed by atoms with Crippen LogP contribution in [0.3, 0.4) is 0 Å². The molecule has 112 valence electrons. The van der Waals surface area contributed by atoms with Gasteiger partial charge in [-0.05, 0) is 52.0 Å². The SMILES string of the molecule is Cc1cnc(C(C)NC2CCCC2C2CCCCN2)o1. The summed E-state index contributed by atoms with van der Waals surface area (Å²) in [7, 11) is 0. The lowest BCUT2D eigenvalue weighted by Crippen LogP contribution is -2.47. The summed E-state index contributed by atoms with van der Waals surface area (Å²) in [5.74, 6) is 2.49. The molecular weight excluding hydrogens is 250 g/mol. The van der Waals surface area contributed by atoms with E-state index in [0.717, 1.165) is 17.6 Å². The highest BCUT2D eigenvalue weighted by atomic mass is 16.4. The lowest BCUT2D eigenvalue weighted by atomic mass is 9.88. The van der Waals surface area contributed by atoms with Gasteiger partial charge in [0.05, 0.1) is 12.2 Å². The summed E-state index contributed by atoms with van der Waals surface area (Å²) in [5.41, 5.74) is 0. The Bertz CT molecular complexity index is 425. The third-order valence-electron chi connectivity index (χ3n) is 4.91. The van der Waals surface area contributed by atoms with Crippen LogP contribution in [-0.2, 0) is 0 Å². The van der Waals surface area contributed by atoms with Crippen molar-refractivity contribution in [1.82, 2.24) is 15.6 Å². The molecule has 1 aliphatic carbocycles. The number of oxazole rings is 1. The van der Waals surface area contributed by atoms with Crippen molar-refractivity contribution in [3.8, 4) is 0 Å². The molecule has 0 spiro atoms. The number of aryl methyl sites for hydroxylation is 1. The molecule has 2 N–H and O–H groups in total. The fraction of sp³-hybridized carbons (Fsp3) is 0.812. The maximum Gasteiger partial charge on any atom is 0.211 e. The number of rotatable bonds is 4. The molecule has 0 aromatic carbocycles. The van der Waals surface area contributed by atoms with Crippen LogP contribution in [0.15, 0.2) is 10.6 Å². The molecule has 4 nitrogen and oxygen atoms in total. The molecule has 4 atom stereocenters. The normalized spacial score (nSPS) is 32.4. The summed E-state index contributed by atoms with van der Waals surface area (Å²) in [5, 5.41) is 7.49. The Morgan fingerprint density at radius 1 is 1.30 bits per heavy atom. The van der Waals surface area contributed by atoms with Crippen LogP contribution in [0.2, 0.25) is 0 Å². The molecule has 1 saturated heterocycles. The number of nitrogens with zero attached hydrogens (tertiary/aromatic N) is 1. The third kappa shape index (κ3) is 3.07. The van der Waals surface area contributed by atoms with Gasteiger partial charge in [-0.15, -0.1) is 0 Å². The molecule has 2 heterocycles. The van der Waals surface area contributed by atoms with Gasteiger partial charge in [-0.2, -0.15) is 0 Å². The standard InChI is InChI=1S/C16H27N3O/c1-11-10-18-16(20-11)12(2)19-15-8-5-6-13(15)14-7-3-4-9-17-14/h10,12-15,17,19H,3-9H2,1-2H3. The second kappa shape index (κ2) is 6.27. The van der Waals surface area contributed by atoms with Gasteiger partial charge < -0.3 is 15.1 Å². The Hall–Kier alpha value is -0.870. The van der Waals surface area contributed by atoms with Crippen LogP contribution in [0.5, 0.6) is 0 Å². The second-order valence-electron chi connectivity index (χ2n) is 6.46. The molecule has 4 unspecified atom stereocenters. The van der Waals surface area contributed by atoms with Crippen molar-refractivity contribution >= 4 is 0 Å². The fourth-order valence-electron chi connectivity index (χ4n) is 3.89. The van der Waals surface area contributed by atoms with E-state index in [9.17, 15) is 0 Å². The van der Waals surface area contributed by atoms with Gasteiger partial charge in [0.1, 0.15) is 5.76 Å². The molecule has 4 heteroatoms. The maximum atomic E-state index is 5.65. The van der Waals surface area contributed by atoms with Crippen molar-refractivity contribution in [2.45, 2.75) is 70.5 Å². The molecule has 1 saturated carbocycles. The first kappa shape index (κ1) is 14.1. The van der Waals surface area contributed by atoms with Crippen molar-refractivity contribution in [1.29, 1.82) is 0 Å². The van der Waals surface area contributed by atoms with E-state index in [0.29, 0.717) is 12.1 Å². The molecule has 1 aromatic rings. The third-order valence-corrected chi connectivity index (χ3v) is 4.91. The maximum absolute atomic E-state index is 5.65. The minimum Gasteiger partial charge on any atom is -0.444 e. The summed E-state index contributed by atoms with van der Waals surface area (Å²) in [6.45, 7) is 5.31. The Balaban J connectivity index is 1.60. The second-order valence-corrected chi connectivity index (χ2v) is 6.46. The van der Waals surface area contributed by atoms with Crippen molar-refractivity contribution < 1.29 is 4.42 Å². The fourth-order valence-corrected chi connectivity index (χ4v) is 3.89.